The third-order valence-corrected chi connectivity index (χ3v) is 6.88. The average Bonchev–Trinajstić information content (AvgIpc) is 3.19. The zero-order chi connectivity index (χ0) is 20.4. The summed E-state index contributed by atoms with van der Waals surface area (Å²) in [7, 11) is 0. The first-order chi connectivity index (χ1) is 14.1. The fraction of sp³-hybridized carbons (Fsp3) is 0.417. The van der Waals surface area contributed by atoms with Gasteiger partial charge in [-0.3, -0.25) is 4.79 Å². The monoisotopic (exact) mass is 411 g/mol. The normalized spacial score (nSPS) is 27.0. The van der Waals surface area contributed by atoms with Gasteiger partial charge in [0.05, 0.1) is 6.04 Å². The van der Waals surface area contributed by atoms with Crippen LogP contribution in [0.25, 0.3) is 0 Å². The van der Waals surface area contributed by atoms with Crippen LogP contribution in [-0.2, 0) is 9.59 Å². The van der Waals surface area contributed by atoms with Crippen LogP contribution in [0.5, 0.6) is 0 Å². The van der Waals surface area contributed by atoms with Crippen molar-refractivity contribution in [2.45, 2.75) is 56.5 Å². The molecule has 1 saturated carbocycles. The van der Waals surface area contributed by atoms with Crippen LogP contribution >= 0.6 is 11.6 Å². The molecule has 4 rings (SSSR count). The first-order valence-electron chi connectivity index (χ1n) is 10.4. The fourth-order valence-electron chi connectivity index (χ4n) is 5.02. The zero-order valence-corrected chi connectivity index (χ0v) is 17.1. The van der Waals surface area contributed by atoms with E-state index in [9.17, 15) is 14.7 Å². The van der Waals surface area contributed by atoms with Crippen molar-refractivity contribution in [1.29, 1.82) is 0 Å². The highest BCUT2D eigenvalue weighted by molar-refractivity contribution is 6.31. The molecule has 4 nitrogen and oxygen atoms in total. The Bertz CT molecular complexity index is 877. The van der Waals surface area contributed by atoms with E-state index in [0.717, 1.165) is 31.2 Å². The highest BCUT2D eigenvalue weighted by Crippen LogP contribution is 2.43. The second-order valence-electron chi connectivity index (χ2n) is 8.17. The lowest BCUT2D eigenvalue weighted by atomic mass is 9.78. The second kappa shape index (κ2) is 8.58. The summed E-state index contributed by atoms with van der Waals surface area (Å²) in [6.45, 7) is 0. The molecular weight excluding hydrogens is 386 g/mol. The Morgan fingerprint density at radius 1 is 0.862 bits per heavy atom. The van der Waals surface area contributed by atoms with E-state index in [1.54, 1.807) is 11.0 Å². The van der Waals surface area contributed by atoms with E-state index >= 15 is 0 Å². The molecule has 0 bridgehead atoms. The van der Waals surface area contributed by atoms with E-state index in [4.69, 9.17) is 11.6 Å². The molecule has 1 heterocycles. The Morgan fingerprint density at radius 3 is 2.17 bits per heavy atom. The molecule has 1 saturated heterocycles. The number of rotatable bonds is 4. The van der Waals surface area contributed by atoms with Crippen molar-refractivity contribution in [2.24, 2.45) is 5.92 Å². The van der Waals surface area contributed by atoms with Gasteiger partial charge in [-0.25, -0.2) is 4.79 Å². The zero-order valence-electron chi connectivity index (χ0n) is 16.3. The van der Waals surface area contributed by atoms with Gasteiger partial charge in [-0.15, -0.1) is 0 Å². The third-order valence-electron chi connectivity index (χ3n) is 6.54. The number of hydrogen-bond donors (Lipinski definition) is 1. The molecule has 2 aromatic carbocycles. The van der Waals surface area contributed by atoms with Crippen molar-refractivity contribution < 1.29 is 14.7 Å². The number of nitrogens with zero attached hydrogens (tertiary/aromatic N) is 1. The standard InChI is InChI=1S/C24H26ClNO3/c25-20-9-5-4-8-19(20)21-14-15-22(24(28)29)26(21)23(27)18-12-10-17(11-13-18)16-6-2-1-3-7-16/h1-9,17-18,21-22H,10-15H2,(H,28,29)/t17?,18?,21-,22+/m1/s1. The van der Waals surface area contributed by atoms with Gasteiger partial charge < -0.3 is 10.0 Å². The topological polar surface area (TPSA) is 57.6 Å². The van der Waals surface area contributed by atoms with Crippen LogP contribution < -0.4 is 0 Å². The van der Waals surface area contributed by atoms with Gasteiger partial charge in [-0.05, 0) is 61.6 Å². The summed E-state index contributed by atoms with van der Waals surface area (Å²) < 4.78 is 0. The van der Waals surface area contributed by atoms with Crippen molar-refractivity contribution in [3.63, 3.8) is 0 Å². The average molecular weight is 412 g/mol. The Morgan fingerprint density at radius 2 is 1.52 bits per heavy atom. The molecule has 152 valence electrons. The number of aliphatic carboxylic acids is 1. The van der Waals surface area contributed by atoms with Gasteiger partial charge in [0.2, 0.25) is 5.91 Å². The molecule has 1 aliphatic heterocycles. The summed E-state index contributed by atoms with van der Waals surface area (Å²) in [4.78, 5) is 27.0. The van der Waals surface area contributed by atoms with Crippen molar-refractivity contribution in [2.75, 3.05) is 0 Å². The molecular formula is C24H26ClNO3. The van der Waals surface area contributed by atoms with Crippen LogP contribution in [0.2, 0.25) is 5.02 Å². The number of carbonyl (C=O) groups is 2. The molecule has 1 N–H and O–H groups in total. The Hall–Kier alpha value is -2.33. The summed E-state index contributed by atoms with van der Waals surface area (Å²) >= 11 is 6.39. The van der Waals surface area contributed by atoms with Gasteiger partial charge in [0, 0.05) is 10.9 Å². The number of halogens is 1. The summed E-state index contributed by atoms with van der Waals surface area (Å²) in [6.07, 6.45) is 4.63. The Balaban J connectivity index is 1.52. The van der Waals surface area contributed by atoms with E-state index in [1.165, 1.54) is 5.56 Å². The number of likely N-dealkylation sites (tertiary alicyclic amines) is 1. The number of hydrogen-bond acceptors (Lipinski definition) is 2. The van der Waals surface area contributed by atoms with Gasteiger partial charge in [0.15, 0.2) is 0 Å². The van der Waals surface area contributed by atoms with Crippen molar-refractivity contribution >= 4 is 23.5 Å². The molecule has 5 heteroatoms. The van der Waals surface area contributed by atoms with Crippen LogP contribution in [0.3, 0.4) is 0 Å². The maximum absolute atomic E-state index is 13.5. The van der Waals surface area contributed by atoms with Gasteiger partial charge in [0.25, 0.3) is 0 Å². The lowest BCUT2D eigenvalue weighted by Crippen LogP contribution is -2.45. The molecule has 29 heavy (non-hydrogen) atoms. The molecule has 2 fully saturated rings. The molecule has 2 aliphatic rings. The highest BCUT2D eigenvalue weighted by atomic mass is 35.5. The Labute approximate surface area is 176 Å². The quantitative estimate of drug-likeness (QED) is 0.729. The minimum Gasteiger partial charge on any atom is -0.480 e. The molecule has 0 aromatic heterocycles. The predicted molar refractivity (Wildman–Crippen MR) is 113 cm³/mol. The molecule has 0 spiro atoms. The van der Waals surface area contributed by atoms with E-state index < -0.39 is 12.0 Å². The van der Waals surface area contributed by atoms with Gasteiger partial charge >= 0.3 is 5.97 Å². The molecule has 0 radical (unpaired) electrons. The van der Waals surface area contributed by atoms with E-state index in [-0.39, 0.29) is 17.9 Å². The molecule has 2 atom stereocenters. The number of carboxylic acids is 1. The lowest BCUT2D eigenvalue weighted by molar-refractivity contribution is -0.152. The maximum Gasteiger partial charge on any atom is 0.326 e. The molecule has 1 aliphatic carbocycles. The smallest absolute Gasteiger partial charge is 0.326 e. The first-order valence-corrected chi connectivity index (χ1v) is 10.8. The largest absolute Gasteiger partial charge is 0.480 e. The molecule has 2 aromatic rings. The number of carbonyl (C=O) groups excluding carboxylic acids is 1. The minimum atomic E-state index is -0.925. The summed E-state index contributed by atoms with van der Waals surface area (Å²) in [6, 6.07) is 16.9. The van der Waals surface area contributed by atoms with Crippen LogP contribution in [0.1, 0.15) is 61.6 Å². The SMILES string of the molecule is O=C(O)[C@@H]1CC[C@H](c2ccccc2Cl)N1C(=O)C1CCC(c2ccccc2)CC1. The minimum absolute atomic E-state index is 0.0219. The van der Waals surface area contributed by atoms with Gasteiger partial charge in [-0.2, -0.15) is 0 Å². The van der Waals surface area contributed by atoms with Crippen LogP contribution in [-0.4, -0.2) is 27.9 Å². The van der Waals surface area contributed by atoms with Crippen LogP contribution in [0.4, 0.5) is 0 Å². The lowest BCUT2D eigenvalue weighted by Gasteiger charge is -2.35. The second-order valence-corrected chi connectivity index (χ2v) is 8.58. The number of amides is 1. The summed E-state index contributed by atoms with van der Waals surface area (Å²) in [5.74, 6) is -0.578. The maximum atomic E-state index is 13.5. The summed E-state index contributed by atoms with van der Waals surface area (Å²) in [5, 5.41) is 10.3. The number of benzene rings is 2. The summed E-state index contributed by atoms with van der Waals surface area (Å²) in [5.41, 5.74) is 2.18. The third kappa shape index (κ3) is 4.04. The fourth-order valence-corrected chi connectivity index (χ4v) is 5.28. The van der Waals surface area contributed by atoms with E-state index in [2.05, 4.69) is 24.3 Å². The van der Waals surface area contributed by atoms with Crippen LogP contribution in [0, 0.1) is 5.92 Å². The van der Waals surface area contributed by atoms with E-state index in [0.29, 0.717) is 23.8 Å². The number of carboxylic acid groups (broad SMARTS) is 1. The molecule has 0 unspecified atom stereocenters. The van der Waals surface area contributed by atoms with Gasteiger partial charge in [0.1, 0.15) is 6.04 Å². The Kier molecular flexibility index (Phi) is 5.91. The predicted octanol–water partition coefficient (Wildman–Crippen LogP) is 5.43. The first kappa shape index (κ1) is 20.0. The van der Waals surface area contributed by atoms with Crippen molar-refractivity contribution in [1.82, 2.24) is 4.90 Å². The molecule has 1 amide bonds. The van der Waals surface area contributed by atoms with Crippen molar-refractivity contribution in [3.8, 4) is 0 Å². The van der Waals surface area contributed by atoms with Gasteiger partial charge in [-0.1, -0.05) is 60.1 Å². The van der Waals surface area contributed by atoms with Crippen LogP contribution in [0.15, 0.2) is 54.6 Å². The van der Waals surface area contributed by atoms with E-state index in [1.807, 2.05) is 24.3 Å². The van der Waals surface area contributed by atoms with Crippen molar-refractivity contribution in [3.05, 3.63) is 70.7 Å². The highest BCUT2D eigenvalue weighted by Gasteiger charge is 2.44.